The Hall–Kier alpha value is -4.80. The van der Waals surface area contributed by atoms with Crippen LogP contribution in [0.15, 0.2) is 91.0 Å². The molecule has 2 N–H and O–H groups in total. The van der Waals surface area contributed by atoms with Crippen molar-refractivity contribution in [2.45, 2.75) is 106 Å². The zero-order valence-electron chi connectivity index (χ0n) is 37.2. The Kier molecular flexibility index (Phi) is 17.8. The average Bonchev–Trinajstić information content (AvgIpc) is 3.30. The minimum absolute atomic E-state index is 0.0846. The second-order valence-electron chi connectivity index (χ2n) is 17.0. The number of carbonyl (C=O) groups excluding carboxylic acids is 5. The number of rotatable bonds is 19. The molecule has 0 saturated carbocycles. The Bertz CT molecular complexity index is 2080. The fourth-order valence-corrected chi connectivity index (χ4v) is 8.28. The van der Waals surface area contributed by atoms with Gasteiger partial charge in [-0.1, -0.05) is 86.4 Å². The third-order valence-corrected chi connectivity index (χ3v) is 12.8. The number of methoxy groups -OCH3 is 1. The summed E-state index contributed by atoms with van der Waals surface area (Å²) in [6.07, 6.45) is -14.0. The Morgan fingerprint density at radius 1 is 0.803 bits per heavy atom. The van der Waals surface area contributed by atoms with Crippen LogP contribution in [0.1, 0.15) is 33.2 Å². The van der Waals surface area contributed by atoms with Crippen LogP contribution in [0.5, 0.6) is 0 Å². The van der Waals surface area contributed by atoms with Crippen molar-refractivity contribution in [3.63, 3.8) is 0 Å². The lowest BCUT2D eigenvalue weighted by Crippen LogP contribution is -2.75. The van der Waals surface area contributed by atoms with Gasteiger partial charge < -0.3 is 62.5 Å². The van der Waals surface area contributed by atoms with Gasteiger partial charge in [-0.25, -0.2) is 14.4 Å². The summed E-state index contributed by atoms with van der Waals surface area (Å²) in [6, 6.07) is 24.7. The van der Waals surface area contributed by atoms with E-state index in [1.54, 1.807) is 36.4 Å². The SMILES string of the molecule is COC(=O)[C@H]1OC[C@@]2(O)[C@H](O1)[C@@H](OC(=O)c1ccccc1)[C@H](O[C@H]1[C@H](OC(=O)CCl)[C@@H](NC(C)=O)[C@H](OCC[Si](C)(C)C)O[C@@H]1COCc1ccccc1)O[C@@H]2COC(=O)c1ccccc1. The summed E-state index contributed by atoms with van der Waals surface area (Å²) >= 11 is 6.02. The summed E-state index contributed by atoms with van der Waals surface area (Å²) in [5.74, 6) is -4.71. The predicted octanol–water partition coefficient (Wildman–Crippen LogP) is 3.78. The molecule has 0 radical (unpaired) electrons. The number of esters is 4. The molecule has 11 atom stereocenters. The maximum atomic E-state index is 14.0. The molecule has 358 valence electrons. The van der Waals surface area contributed by atoms with Gasteiger partial charge in [0, 0.05) is 21.6 Å². The van der Waals surface area contributed by atoms with E-state index < -0.39 is 124 Å². The van der Waals surface area contributed by atoms with Crippen molar-refractivity contribution in [1.29, 1.82) is 0 Å². The first kappa shape index (κ1) is 50.6. The van der Waals surface area contributed by atoms with Gasteiger partial charge in [-0.05, 0) is 35.9 Å². The number of benzene rings is 3. The molecule has 3 aromatic rings. The summed E-state index contributed by atoms with van der Waals surface area (Å²) in [4.78, 5) is 66.4. The van der Waals surface area contributed by atoms with Crippen molar-refractivity contribution in [3.05, 3.63) is 108 Å². The molecule has 0 unspecified atom stereocenters. The minimum atomic E-state index is -2.30. The molecule has 0 spiro atoms. The minimum Gasteiger partial charge on any atom is -0.465 e. The van der Waals surface area contributed by atoms with Gasteiger partial charge >= 0.3 is 23.9 Å². The molecule has 3 heterocycles. The molecular weight excluding hydrogens is 902 g/mol. The molecule has 1 amide bonds. The van der Waals surface area contributed by atoms with Gasteiger partial charge in [-0.15, -0.1) is 11.6 Å². The van der Waals surface area contributed by atoms with Crippen LogP contribution in [0.2, 0.25) is 25.7 Å². The van der Waals surface area contributed by atoms with Crippen molar-refractivity contribution < 1.29 is 81.2 Å². The van der Waals surface area contributed by atoms with Crippen LogP contribution in [0.25, 0.3) is 0 Å². The fraction of sp³-hybridized carbons (Fsp3) is 0.500. The number of halogens is 1. The summed E-state index contributed by atoms with van der Waals surface area (Å²) < 4.78 is 66.8. The lowest BCUT2D eigenvalue weighted by Gasteiger charge is -2.54. The van der Waals surface area contributed by atoms with E-state index in [0.29, 0.717) is 6.04 Å². The van der Waals surface area contributed by atoms with Crippen LogP contribution >= 0.6 is 11.6 Å². The monoisotopic (exact) mass is 957 g/mol. The van der Waals surface area contributed by atoms with Crippen LogP contribution in [0.4, 0.5) is 0 Å². The largest absolute Gasteiger partial charge is 0.465 e. The standard InChI is InChI=1S/C46H56ClNO17Si/c1-28(49)48-35-37(62-34(50)23-47)36(32(25-56-24-29-15-9-6-10-16-29)60-43(35)57-21-22-66(3,4)5)64-44-38(63-41(52)31-19-13-8-14-20-31)39-46(54,27-59-45(65-39)42(53)55-2)33(61-44)26-58-40(51)30-17-11-7-12-18-30/h6-20,32-33,35-39,43-45,54H,21-27H2,1-5H3,(H,48,49)/t32-,33-,35-,36-,37-,38-,39-,43-,44+,45+,46+/m1/s1. The van der Waals surface area contributed by atoms with Gasteiger partial charge in [0.25, 0.3) is 6.29 Å². The lowest BCUT2D eigenvalue weighted by atomic mass is 9.83. The molecule has 6 rings (SSSR count). The number of hydrogen-bond acceptors (Lipinski definition) is 17. The van der Waals surface area contributed by atoms with E-state index in [2.05, 4.69) is 25.0 Å². The van der Waals surface area contributed by atoms with Gasteiger partial charge in [-0.3, -0.25) is 9.59 Å². The zero-order valence-corrected chi connectivity index (χ0v) is 39.0. The van der Waals surface area contributed by atoms with Gasteiger partial charge in [0.1, 0.15) is 48.5 Å². The van der Waals surface area contributed by atoms with Crippen molar-refractivity contribution in [1.82, 2.24) is 5.32 Å². The van der Waals surface area contributed by atoms with Crippen LogP contribution < -0.4 is 5.32 Å². The smallest absolute Gasteiger partial charge is 0.363 e. The van der Waals surface area contributed by atoms with Crippen LogP contribution in [0, 0.1) is 0 Å². The Morgan fingerprint density at radius 3 is 2.05 bits per heavy atom. The number of carbonyl (C=O) groups is 5. The van der Waals surface area contributed by atoms with E-state index in [1.165, 1.54) is 31.2 Å². The van der Waals surface area contributed by atoms with Crippen molar-refractivity contribution in [3.8, 4) is 0 Å². The second-order valence-corrected chi connectivity index (χ2v) is 22.9. The first-order chi connectivity index (χ1) is 31.6. The molecular formula is C46H56ClNO17Si. The Labute approximate surface area is 388 Å². The third kappa shape index (κ3) is 13.2. The van der Waals surface area contributed by atoms with E-state index in [0.717, 1.165) is 12.7 Å². The van der Waals surface area contributed by atoms with Crippen LogP contribution in [0.3, 0.4) is 0 Å². The number of nitrogens with one attached hydrogen (secondary N) is 1. The third-order valence-electron chi connectivity index (χ3n) is 10.9. The highest BCUT2D eigenvalue weighted by Crippen LogP contribution is 2.41. The highest BCUT2D eigenvalue weighted by atomic mass is 35.5. The summed E-state index contributed by atoms with van der Waals surface area (Å²) in [6.45, 7) is 6.54. The number of hydrogen-bond donors (Lipinski definition) is 2. The molecule has 0 aromatic heterocycles. The number of aliphatic hydroxyl groups is 1. The molecule has 3 fully saturated rings. The average molecular weight is 958 g/mol. The van der Waals surface area contributed by atoms with E-state index in [-0.39, 0.29) is 30.9 Å². The molecule has 3 aliphatic heterocycles. The predicted molar refractivity (Wildman–Crippen MR) is 235 cm³/mol. The van der Waals surface area contributed by atoms with Crippen molar-refractivity contribution in [2.24, 2.45) is 0 Å². The quantitative estimate of drug-likeness (QED) is 0.0756. The fourth-order valence-electron chi connectivity index (χ4n) is 7.48. The highest BCUT2D eigenvalue weighted by molar-refractivity contribution is 6.76. The molecule has 66 heavy (non-hydrogen) atoms. The summed E-state index contributed by atoms with van der Waals surface area (Å²) in [5.41, 5.74) is -1.21. The number of ether oxygens (including phenoxy) is 11. The number of amides is 1. The van der Waals surface area contributed by atoms with Gasteiger partial charge in [0.15, 0.2) is 24.8 Å². The van der Waals surface area contributed by atoms with Gasteiger partial charge in [-0.2, -0.15) is 0 Å². The van der Waals surface area contributed by atoms with Crippen LogP contribution in [-0.4, -0.2) is 150 Å². The van der Waals surface area contributed by atoms with E-state index >= 15 is 0 Å². The van der Waals surface area contributed by atoms with Crippen LogP contribution in [-0.2, 0) is 73.1 Å². The molecule has 20 heteroatoms. The lowest BCUT2D eigenvalue weighted by molar-refractivity contribution is -0.401. The number of alkyl halides is 1. The number of fused-ring (bicyclic) bond motifs is 1. The van der Waals surface area contributed by atoms with Gasteiger partial charge in [0.2, 0.25) is 5.91 Å². The second kappa shape index (κ2) is 23.3. The molecule has 0 bridgehead atoms. The molecule has 3 aromatic carbocycles. The first-order valence-corrected chi connectivity index (χ1v) is 25.6. The normalized spacial score (nSPS) is 28.5. The van der Waals surface area contributed by atoms with Crippen molar-refractivity contribution >= 4 is 49.5 Å². The zero-order chi connectivity index (χ0) is 47.4. The molecule has 0 aliphatic carbocycles. The molecule has 18 nitrogen and oxygen atoms in total. The Morgan fingerprint density at radius 2 is 1.44 bits per heavy atom. The first-order valence-electron chi connectivity index (χ1n) is 21.4. The van der Waals surface area contributed by atoms with E-state index in [1.807, 2.05) is 30.3 Å². The molecule has 3 aliphatic rings. The van der Waals surface area contributed by atoms with E-state index in [9.17, 15) is 29.1 Å². The van der Waals surface area contributed by atoms with Crippen molar-refractivity contribution in [2.75, 3.05) is 39.4 Å². The van der Waals surface area contributed by atoms with Gasteiger partial charge in [0.05, 0.1) is 38.1 Å². The summed E-state index contributed by atoms with van der Waals surface area (Å²) in [7, 11) is -0.563. The topological polar surface area (TPSA) is 219 Å². The maximum absolute atomic E-state index is 14.0. The Balaban J connectivity index is 1.44. The maximum Gasteiger partial charge on any atom is 0.363 e. The van der Waals surface area contributed by atoms with E-state index in [4.69, 9.17) is 63.7 Å². The highest BCUT2D eigenvalue weighted by Gasteiger charge is 2.64. The molecule has 3 saturated heterocycles. The summed E-state index contributed by atoms with van der Waals surface area (Å²) in [5, 5.41) is 15.3.